The first-order chi connectivity index (χ1) is 12.1. The highest BCUT2D eigenvalue weighted by Crippen LogP contribution is 2.24. The highest BCUT2D eigenvalue weighted by Gasteiger charge is 2.17. The fourth-order valence-corrected chi connectivity index (χ4v) is 2.78. The molecule has 0 saturated heterocycles. The minimum absolute atomic E-state index is 0.0362. The standard InChI is InChI=1S/C18H19ClN4O2/c1-13-21-18(25-22-13)11-20-17(24)10-15(12-23-8-2-3-9-23)14-4-6-16(19)7-5-14/h2-9,15H,10-12H2,1H3,(H,20,24)/t15-/m1/s1. The molecule has 0 aliphatic carbocycles. The van der Waals surface area contributed by atoms with Crippen LogP contribution in [0.3, 0.4) is 0 Å². The number of amides is 1. The number of benzene rings is 1. The van der Waals surface area contributed by atoms with Gasteiger partial charge in [-0.25, -0.2) is 0 Å². The van der Waals surface area contributed by atoms with Crippen LogP contribution in [0.15, 0.2) is 53.3 Å². The van der Waals surface area contributed by atoms with Crippen LogP contribution in [0.2, 0.25) is 5.02 Å². The number of hydrogen-bond donors (Lipinski definition) is 1. The average Bonchev–Trinajstić information content (AvgIpc) is 3.25. The summed E-state index contributed by atoms with van der Waals surface area (Å²) in [6, 6.07) is 11.6. The van der Waals surface area contributed by atoms with Gasteiger partial charge < -0.3 is 14.4 Å². The van der Waals surface area contributed by atoms with Crippen LogP contribution in [0.25, 0.3) is 0 Å². The Hall–Kier alpha value is -2.60. The zero-order chi connectivity index (χ0) is 17.6. The van der Waals surface area contributed by atoms with E-state index in [1.54, 1.807) is 6.92 Å². The van der Waals surface area contributed by atoms with Crippen molar-refractivity contribution in [3.8, 4) is 0 Å². The van der Waals surface area contributed by atoms with Crippen LogP contribution in [-0.2, 0) is 17.9 Å². The van der Waals surface area contributed by atoms with Gasteiger partial charge in [-0.3, -0.25) is 4.79 Å². The fourth-order valence-electron chi connectivity index (χ4n) is 2.65. The van der Waals surface area contributed by atoms with E-state index in [0.717, 1.165) is 5.56 Å². The molecular formula is C18H19ClN4O2. The zero-order valence-electron chi connectivity index (χ0n) is 13.9. The van der Waals surface area contributed by atoms with Gasteiger partial charge in [0.15, 0.2) is 5.82 Å². The number of rotatable bonds is 7. The van der Waals surface area contributed by atoms with E-state index >= 15 is 0 Å². The minimum atomic E-state index is -0.0667. The Kier molecular flexibility index (Phi) is 5.50. The highest BCUT2D eigenvalue weighted by atomic mass is 35.5. The molecule has 0 fully saturated rings. The van der Waals surface area contributed by atoms with Gasteiger partial charge in [0.2, 0.25) is 11.8 Å². The summed E-state index contributed by atoms with van der Waals surface area (Å²) in [6.45, 7) is 2.68. The summed E-state index contributed by atoms with van der Waals surface area (Å²) in [4.78, 5) is 16.4. The van der Waals surface area contributed by atoms with Crippen LogP contribution in [-0.4, -0.2) is 20.6 Å². The van der Waals surface area contributed by atoms with Gasteiger partial charge in [0, 0.05) is 36.3 Å². The number of carbonyl (C=O) groups excluding carboxylic acids is 1. The maximum atomic E-state index is 12.4. The highest BCUT2D eigenvalue weighted by molar-refractivity contribution is 6.30. The molecule has 0 unspecified atom stereocenters. The van der Waals surface area contributed by atoms with Crippen molar-refractivity contribution in [2.75, 3.05) is 0 Å². The van der Waals surface area contributed by atoms with E-state index in [0.29, 0.717) is 29.7 Å². The van der Waals surface area contributed by atoms with Gasteiger partial charge in [-0.05, 0) is 36.8 Å². The van der Waals surface area contributed by atoms with Crippen molar-refractivity contribution in [1.82, 2.24) is 20.0 Å². The zero-order valence-corrected chi connectivity index (χ0v) is 14.6. The number of nitrogens with zero attached hydrogens (tertiary/aromatic N) is 3. The third kappa shape index (κ3) is 4.93. The molecule has 6 nitrogen and oxygen atoms in total. The summed E-state index contributed by atoms with van der Waals surface area (Å²) >= 11 is 5.98. The lowest BCUT2D eigenvalue weighted by Crippen LogP contribution is -2.26. The number of hydrogen-bond acceptors (Lipinski definition) is 4. The molecule has 25 heavy (non-hydrogen) atoms. The van der Waals surface area contributed by atoms with Crippen LogP contribution in [0, 0.1) is 6.92 Å². The molecule has 130 valence electrons. The van der Waals surface area contributed by atoms with Gasteiger partial charge in [0.25, 0.3) is 0 Å². The van der Waals surface area contributed by atoms with E-state index in [-0.39, 0.29) is 18.4 Å². The Morgan fingerprint density at radius 2 is 2.00 bits per heavy atom. The maximum Gasteiger partial charge on any atom is 0.246 e. The normalized spacial score (nSPS) is 12.1. The summed E-state index contributed by atoms with van der Waals surface area (Å²) in [5, 5.41) is 7.22. The molecule has 7 heteroatoms. The van der Waals surface area contributed by atoms with Gasteiger partial charge in [-0.2, -0.15) is 4.98 Å². The molecule has 3 aromatic rings. The lowest BCUT2D eigenvalue weighted by Gasteiger charge is -2.18. The average molecular weight is 359 g/mol. The predicted molar refractivity (Wildman–Crippen MR) is 94.1 cm³/mol. The number of halogens is 1. The molecule has 1 atom stereocenters. The van der Waals surface area contributed by atoms with E-state index in [4.69, 9.17) is 16.1 Å². The van der Waals surface area contributed by atoms with E-state index in [9.17, 15) is 4.79 Å². The van der Waals surface area contributed by atoms with Gasteiger partial charge in [-0.15, -0.1) is 0 Å². The van der Waals surface area contributed by atoms with Gasteiger partial charge in [0.05, 0.1) is 6.54 Å². The predicted octanol–water partition coefficient (Wildman–Crippen LogP) is 3.32. The van der Waals surface area contributed by atoms with E-state index in [2.05, 4.69) is 20.0 Å². The lowest BCUT2D eigenvalue weighted by molar-refractivity contribution is -0.121. The molecular weight excluding hydrogens is 340 g/mol. The van der Waals surface area contributed by atoms with Crippen molar-refractivity contribution >= 4 is 17.5 Å². The summed E-state index contributed by atoms with van der Waals surface area (Å²) < 4.78 is 7.07. The van der Waals surface area contributed by atoms with Crippen LogP contribution in [0.4, 0.5) is 0 Å². The molecule has 0 spiro atoms. The monoisotopic (exact) mass is 358 g/mol. The Bertz CT molecular complexity index is 812. The second-order valence-corrected chi connectivity index (χ2v) is 6.28. The van der Waals surface area contributed by atoms with Gasteiger partial charge in [-0.1, -0.05) is 28.9 Å². The van der Waals surface area contributed by atoms with Crippen molar-refractivity contribution in [2.24, 2.45) is 0 Å². The van der Waals surface area contributed by atoms with Crippen molar-refractivity contribution in [2.45, 2.75) is 32.4 Å². The fraction of sp³-hybridized carbons (Fsp3) is 0.278. The van der Waals surface area contributed by atoms with Crippen LogP contribution < -0.4 is 5.32 Å². The molecule has 1 aromatic carbocycles. The van der Waals surface area contributed by atoms with E-state index in [1.807, 2.05) is 48.8 Å². The van der Waals surface area contributed by atoms with Crippen LogP contribution >= 0.6 is 11.6 Å². The number of aryl methyl sites for hydroxylation is 1. The molecule has 0 radical (unpaired) electrons. The van der Waals surface area contributed by atoms with Crippen molar-refractivity contribution in [3.05, 3.63) is 71.1 Å². The minimum Gasteiger partial charge on any atom is -0.354 e. The first-order valence-electron chi connectivity index (χ1n) is 8.02. The number of nitrogens with one attached hydrogen (secondary N) is 1. The first kappa shape index (κ1) is 17.2. The van der Waals surface area contributed by atoms with Crippen LogP contribution in [0.1, 0.15) is 29.6 Å². The summed E-state index contributed by atoms with van der Waals surface area (Å²) in [7, 11) is 0. The SMILES string of the molecule is Cc1noc(CNC(=O)C[C@H](Cn2cccc2)c2ccc(Cl)cc2)n1. The number of carbonyl (C=O) groups is 1. The third-order valence-corrected chi connectivity index (χ3v) is 4.13. The molecule has 0 saturated carbocycles. The topological polar surface area (TPSA) is 73.0 Å². The second-order valence-electron chi connectivity index (χ2n) is 5.84. The Labute approximate surface area is 150 Å². The molecule has 1 amide bonds. The lowest BCUT2D eigenvalue weighted by atomic mass is 9.95. The Balaban J connectivity index is 1.65. The quantitative estimate of drug-likeness (QED) is 0.703. The molecule has 2 aromatic heterocycles. The van der Waals surface area contributed by atoms with E-state index in [1.165, 1.54) is 0 Å². The molecule has 3 rings (SSSR count). The van der Waals surface area contributed by atoms with Crippen molar-refractivity contribution in [1.29, 1.82) is 0 Å². The molecule has 2 heterocycles. The third-order valence-electron chi connectivity index (χ3n) is 3.88. The smallest absolute Gasteiger partial charge is 0.246 e. The molecule has 0 aliphatic heterocycles. The largest absolute Gasteiger partial charge is 0.354 e. The van der Waals surface area contributed by atoms with Crippen molar-refractivity contribution in [3.63, 3.8) is 0 Å². The Morgan fingerprint density at radius 3 is 2.64 bits per heavy atom. The number of aromatic nitrogens is 3. The summed E-state index contributed by atoms with van der Waals surface area (Å²) in [5.74, 6) is 0.923. The maximum absolute atomic E-state index is 12.4. The van der Waals surface area contributed by atoms with Gasteiger partial charge >= 0.3 is 0 Å². The second kappa shape index (κ2) is 7.98. The van der Waals surface area contributed by atoms with Crippen LogP contribution in [0.5, 0.6) is 0 Å². The molecule has 0 bridgehead atoms. The Morgan fingerprint density at radius 1 is 1.28 bits per heavy atom. The van der Waals surface area contributed by atoms with Gasteiger partial charge in [0.1, 0.15) is 0 Å². The van der Waals surface area contributed by atoms with Crippen molar-refractivity contribution < 1.29 is 9.32 Å². The first-order valence-corrected chi connectivity index (χ1v) is 8.40. The van der Waals surface area contributed by atoms with E-state index < -0.39 is 0 Å². The molecule has 1 N–H and O–H groups in total. The summed E-state index contributed by atoms with van der Waals surface area (Å²) in [5.41, 5.74) is 1.07. The molecule has 0 aliphatic rings. The summed E-state index contributed by atoms with van der Waals surface area (Å²) in [6.07, 6.45) is 4.33.